The molecule has 0 heterocycles. The number of nitrogens with one attached hydrogen (secondary N) is 1. The zero-order valence-electron chi connectivity index (χ0n) is 15.3. The minimum absolute atomic E-state index is 0.0484. The normalized spacial score (nSPS) is 13.7. The number of benzene rings is 2. The van der Waals surface area contributed by atoms with Crippen LogP contribution in [0.15, 0.2) is 42.5 Å². The van der Waals surface area contributed by atoms with Gasteiger partial charge in [-0.15, -0.1) is 0 Å². The summed E-state index contributed by atoms with van der Waals surface area (Å²) in [7, 11) is 0. The first kappa shape index (κ1) is 17.9. The molecule has 1 amide bonds. The molecule has 0 unspecified atom stereocenters. The van der Waals surface area contributed by atoms with Crippen molar-refractivity contribution >= 4 is 18.0 Å². The highest BCUT2D eigenvalue weighted by Crippen LogP contribution is 2.25. The van der Waals surface area contributed by atoms with Gasteiger partial charge >= 0.3 is 5.97 Å². The molecular formula is C22H23NO3. The van der Waals surface area contributed by atoms with Crippen LogP contribution in [0.1, 0.15) is 45.5 Å². The number of rotatable bonds is 5. The summed E-state index contributed by atoms with van der Waals surface area (Å²) in [5.74, 6) is 0.140. The van der Waals surface area contributed by atoms with Crippen molar-refractivity contribution in [2.24, 2.45) is 0 Å². The van der Waals surface area contributed by atoms with E-state index in [1.54, 1.807) is 18.2 Å². The largest absolute Gasteiger partial charge is 0.423 e. The second-order valence-corrected chi connectivity index (χ2v) is 6.85. The fourth-order valence-electron chi connectivity index (χ4n) is 2.87. The quantitative estimate of drug-likeness (QED) is 0.502. The van der Waals surface area contributed by atoms with Crippen LogP contribution >= 0.6 is 0 Å². The van der Waals surface area contributed by atoms with Gasteiger partial charge in [-0.05, 0) is 68.5 Å². The molecule has 3 rings (SSSR count). The van der Waals surface area contributed by atoms with Crippen molar-refractivity contribution in [2.45, 2.75) is 39.7 Å². The van der Waals surface area contributed by atoms with Crippen molar-refractivity contribution in [1.82, 2.24) is 5.32 Å². The average molecular weight is 349 g/mol. The zero-order valence-corrected chi connectivity index (χ0v) is 15.3. The van der Waals surface area contributed by atoms with E-state index < -0.39 is 5.97 Å². The van der Waals surface area contributed by atoms with Crippen LogP contribution in [0.3, 0.4) is 0 Å². The maximum absolute atomic E-state index is 12.1. The Bertz CT molecular complexity index is 838. The Morgan fingerprint density at radius 2 is 1.65 bits per heavy atom. The second-order valence-electron chi connectivity index (χ2n) is 6.85. The van der Waals surface area contributed by atoms with E-state index in [-0.39, 0.29) is 5.91 Å². The van der Waals surface area contributed by atoms with Gasteiger partial charge in [0, 0.05) is 17.7 Å². The van der Waals surface area contributed by atoms with Crippen molar-refractivity contribution in [1.29, 1.82) is 0 Å². The lowest BCUT2D eigenvalue weighted by Gasteiger charge is -2.10. The number of carbonyl (C=O) groups is 2. The van der Waals surface area contributed by atoms with Crippen molar-refractivity contribution in [2.75, 3.05) is 0 Å². The number of amides is 1. The highest BCUT2D eigenvalue weighted by molar-refractivity contribution is 5.95. The summed E-state index contributed by atoms with van der Waals surface area (Å²) in [6, 6.07) is 11.5. The molecular weight excluding hydrogens is 326 g/mol. The van der Waals surface area contributed by atoms with Crippen LogP contribution in [0.25, 0.3) is 6.08 Å². The lowest BCUT2D eigenvalue weighted by Crippen LogP contribution is -2.25. The van der Waals surface area contributed by atoms with Crippen molar-refractivity contribution < 1.29 is 14.3 Å². The van der Waals surface area contributed by atoms with Gasteiger partial charge in [0.2, 0.25) is 0 Å². The van der Waals surface area contributed by atoms with Crippen molar-refractivity contribution in [3.63, 3.8) is 0 Å². The van der Waals surface area contributed by atoms with Crippen molar-refractivity contribution in [3.8, 4) is 5.75 Å². The Balaban J connectivity index is 1.62. The first-order valence-electron chi connectivity index (χ1n) is 8.81. The molecule has 2 aromatic carbocycles. The number of hydrogen-bond acceptors (Lipinski definition) is 3. The number of esters is 1. The molecule has 4 heteroatoms. The Labute approximate surface area is 153 Å². The molecule has 0 spiro atoms. The number of ether oxygens (including phenoxy) is 1. The lowest BCUT2D eigenvalue weighted by molar-refractivity contribution is -0.129. The molecule has 4 nitrogen and oxygen atoms in total. The predicted octanol–water partition coefficient (Wildman–Crippen LogP) is 4.12. The molecule has 1 N–H and O–H groups in total. The topological polar surface area (TPSA) is 55.4 Å². The molecule has 1 fully saturated rings. The number of aryl methyl sites for hydroxylation is 3. The first-order valence-corrected chi connectivity index (χ1v) is 8.81. The van der Waals surface area contributed by atoms with Crippen LogP contribution in [0, 0.1) is 20.8 Å². The molecule has 0 radical (unpaired) electrons. The van der Waals surface area contributed by atoms with E-state index >= 15 is 0 Å². The van der Waals surface area contributed by atoms with E-state index in [0.717, 1.165) is 35.1 Å². The predicted molar refractivity (Wildman–Crippen MR) is 102 cm³/mol. The first-order chi connectivity index (χ1) is 12.4. The van der Waals surface area contributed by atoms with Crippen LogP contribution in [0.2, 0.25) is 0 Å². The van der Waals surface area contributed by atoms with E-state index in [0.29, 0.717) is 17.4 Å². The maximum Gasteiger partial charge on any atom is 0.336 e. The van der Waals surface area contributed by atoms with Crippen LogP contribution in [0.5, 0.6) is 5.75 Å². The Hall–Kier alpha value is -2.88. The fourth-order valence-corrected chi connectivity index (χ4v) is 2.87. The molecule has 0 bridgehead atoms. The standard InChI is InChI=1S/C22H23NO3/c1-14-12-15(2)21(16(3)13-14)26-20(24)11-6-17-4-7-18(8-5-17)22(25)23-19-9-10-19/h4-8,11-13,19H,9-10H2,1-3H3,(H,23,25). The summed E-state index contributed by atoms with van der Waals surface area (Å²) < 4.78 is 5.48. The summed E-state index contributed by atoms with van der Waals surface area (Å²) >= 11 is 0. The Kier molecular flexibility index (Phi) is 5.21. The van der Waals surface area contributed by atoms with E-state index in [2.05, 4.69) is 5.32 Å². The van der Waals surface area contributed by atoms with E-state index in [1.807, 2.05) is 45.0 Å². The second kappa shape index (κ2) is 7.56. The van der Waals surface area contributed by atoms with Gasteiger partial charge in [0.05, 0.1) is 0 Å². The van der Waals surface area contributed by atoms with Crippen LogP contribution < -0.4 is 10.1 Å². The van der Waals surface area contributed by atoms with Gasteiger partial charge < -0.3 is 10.1 Å². The smallest absolute Gasteiger partial charge is 0.336 e. The van der Waals surface area contributed by atoms with Gasteiger partial charge in [-0.2, -0.15) is 0 Å². The monoisotopic (exact) mass is 349 g/mol. The molecule has 26 heavy (non-hydrogen) atoms. The van der Waals surface area contributed by atoms with Gasteiger partial charge in [0.25, 0.3) is 5.91 Å². The summed E-state index contributed by atoms with van der Waals surface area (Å²) in [5.41, 5.74) is 4.48. The molecule has 1 aliphatic carbocycles. The molecule has 1 saturated carbocycles. The minimum Gasteiger partial charge on any atom is -0.423 e. The molecule has 1 aliphatic rings. The van der Waals surface area contributed by atoms with E-state index in [1.165, 1.54) is 6.08 Å². The minimum atomic E-state index is -0.421. The highest BCUT2D eigenvalue weighted by Gasteiger charge is 2.23. The molecule has 0 atom stereocenters. The SMILES string of the molecule is Cc1cc(C)c(OC(=O)C=Cc2ccc(C(=O)NC3CC3)cc2)c(C)c1. The third-order valence-corrected chi connectivity index (χ3v) is 4.30. The van der Waals surface area contributed by atoms with E-state index in [9.17, 15) is 9.59 Å². The third kappa shape index (κ3) is 4.60. The van der Waals surface area contributed by atoms with Gasteiger partial charge in [0.1, 0.15) is 5.75 Å². The van der Waals surface area contributed by atoms with Crippen LogP contribution in [0.4, 0.5) is 0 Å². The summed E-state index contributed by atoms with van der Waals surface area (Å²) in [4.78, 5) is 24.1. The molecule has 2 aromatic rings. The van der Waals surface area contributed by atoms with Gasteiger partial charge in [0.15, 0.2) is 0 Å². The van der Waals surface area contributed by atoms with Gasteiger partial charge in [-0.25, -0.2) is 4.79 Å². The summed E-state index contributed by atoms with van der Waals surface area (Å²) in [5, 5.41) is 2.95. The number of carbonyl (C=O) groups excluding carboxylic acids is 2. The van der Waals surface area contributed by atoms with Crippen molar-refractivity contribution in [3.05, 3.63) is 70.3 Å². The van der Waals surface area contributed by atoms with Crippen LogP contribution in [-0.2, 0) is 4.79 Å². The summed E-state index contributed by atoms with van der Waals surface area (Å²) in [6.07, 6.45) is 5.21. The van der Waals surface area contributed by atoms with E-state index in [4.69, 9.17) is 4.74 Å². The Morgan fingerprint density at radius 3 is 2.23 bits per heavy atom. The molecule has 0 saturated heterocycles. The zero-order chi connectivity index (χ0) is 18.7. The summed E-state index contributed by atoms with van der Waals surface area (Å²) in [6.45, 7) is 5.87. The van der Waals surface area contributed by atoms with Gasteiger partial charge in [-0.3, -0.25) is 4.79 Å². The number of hydrogen-bond donors (Lipinski definition) is 1. The maximum atomic E-state index is 12.1. The van der Waals surface area contributed by atoms with Crippen LogP contribution in [-0.4, -0.2) is 17.9 Å². The van der Waals surface area contributed by atoms with Gasteiger partial charge in [-0.1, -0.05) is 29.8 Å². The molecule has 134 valence electrons. The highest BCUT2D eigenvalue weighted by atomic mass is 16.5. The fraction of sp³-hybridized carbons (Fsp3) is 0.273. The molecule has 0 aliphatic heterocycles. The average Bonchev–Trinajstić information content (AvgIpc) is 3.40. The lowest BCUT2D eigenvalue weighted by atomic mass is 10.1. The Morgan fingerprint density at radius 1 is 1.04 bits per heavy atom. The molecule has 0 aromatic heterocycles. The third-order valence-electron chi connectivity index (χ3n) is 4.30.